The maximum absolute atomic E-state index is 12.0. The summed E-state index contributed by atoms with van der Waals surface area (Å²) >= 11 is 0. The van der Waals surface area contributed by atoms with Gasteiger partial charge in [0.15, 0.2) is 0 Å². The number of unbranched alkanes of at least 4 members (excludes halogenated alkanes) is 3. The Labute approximate surface area is 185 Å². The summed E-state index contributed by atoms with van der Waals surface area (Å²) in [4.78, 5) is 27.7. The van der Waals surface area contributed by atoms with Gasteiger partial charge in [0.05, 0.1) is 19.8 Å². The molecule has 0 aromatic heterocycles. The van der Waals surface area contributed by atoms with Crippen LogP contribution in [0.25, 0.3) is 0 Å². The average molecular weight is 468 g/mol. The van der Waals surface area contributed by atoms with Gasteiger partial charge in [0.25, 0.3) is 0 Å². The zero-order chi connectivity index (χ0) is 23.9. The molecule has 0 heterocycles. The standard InChI is InChI=1S/C19H38N3O8P/c1-18(2,3)29-16(24)21-15(22-17(25)30-19(4,5)6)20-11-9-7-8-10-13-27-31(26)28-14-12-23/h23,31H,7-14H2,1-6H3,(H2,20,21,22,24,25). The predicted molar refractivity (Wildman–Crippen MR) is 118 cm³/mol. The normalized spacial score (nSPS) is 13.5. The zero-order valence-corrected chi connectivity index (χ0v) is 20.4. The number of nitrogens with one attached hydrogen (secondary N) is 2. The van der Waals surface area contributed by atoms with Crippen LogP contribution in [0.4, 0.5) is 9.59 Å². The lowest BCUT2D eigenvalue weighted by Gasteiger charge is -2.21. The monoisotopic (exact) mass is 467 g/mol. The number of guanidine groups is 1. The molecule has 31 heavy (non-hydrogen) atoms. The quantitative estimate of drug-likeness (QED) is 0.180. The molecule has 0 aliphatic carbocycles. The molecule has 182 valence electrons. The number of hydrogen-bond donors (Lipinski definition) is 3. The van der Waals surface area contributed by atoms with E-state index in [1.54, 1.807) is 41.5 Å². The molecule has 0 bridgehead atoms. The van der Waals surface area contributed by atoms with E-state index < -0.39 is 31.6 Å². The maximum atomic E-state index is 12.0. The van der Waals surface area contributed by atoms with E-state index in [4.69, 9.17) is 23.6 Å². The van der Waals surface area contributed by atoms with Crippen molar-refractivity contribution in [2.45, 2.75) is 78.4 Å². The number of nitrogens with zero attached hydrogens (tertiary/aromatic N) is 1. The summed E-state index contributed by atoms with van der Waals surface area (Å²) in [7, 11) is -2.54. The highest BCUT2D eigenvalue weighted by atomic mass is 31.1. The number of amides is 2. The van der Waals surface area contributed by atoms with E-state index in [-0.39, 0.29) is 19.2 Å². The van der Waals surface area contributed by atoms with Crippen LogP contribution in [0.3, 0.4) is 0 Å². The van der Waals surface area contributed by atoms with Gasteiger partial charge in [0, 0.05) is 6.54 Å². The molecule has 2 amide bonds. The molecule has 12 heteroatoms. The van der Waals surface area contributed by atoms with Crippen LogP contribution in [0.1, 0.15) is 67.2 Å². The molecule has 0 spiro atoms. The van der Waals surface area contributed by atoms with E-state index in [1.165, 1.54) is 0 Å². The molecule has 0 saturated heterocycles. The summed E-state index contributed by atoms with van der Waals surface area (Å²) in [5.74, 6) is -0.0496. The first-order valence-corrected chi connectivity index (χ1v) is 11.5. The van der Waals surface area contributed by atoms with Crippen LogP contribution in [-0.2, 0) is 23.1 Å². The van der Waals surface area contributed by atoms with E-state index in [9.17, 15) is 14.2 Å². The van der Waals surface area contributed by atoms with E-state index in [1.807, 2.05) is 0 Å². The topological polar surface area (TPSA) is 145 Å². The third kappa shape index (κ3) is 20.0. The van der Waals surface area contributed by atoms with Crippen molar-refractivity contribution in [2.24, 2.45) is 4.99 Å². The van der Waals surface area contributed by atoms with Crippen LogP contribution < -0.4 is 10.6 Å². The van der Waals surface area contributed by atoms with Gasteiger partial charge in [0.1, 0.15) is 11.2 Å². The van der Waals surface area contributed by atoms with E-state index in [0.29, 0.717) is 19.6 Å². The van der Waals surface area contributed by atoms with Crippen LogP contribution in [0, 0.1) is 0 Å². The Kier molecular flexibility index (Phi) is 14.4. The number of carbonyl (C=O) groups is 2. The summed E-state index contributed by atoms with van der Waals surface area (Å²) in [6.07, 6.45) is 1.53. The summed E-state index contributed by atoms with van der Waals surface area (Å²) in [6.45, 7) is 10.9. The van der Waals surface area contributed by atoms with Crippen molar-refractivity contribution in [3.8, 4) is 0 Å². The van der Waals surface area contributed by atoms with Gasteiger partial charge in [-0.15, -0.1) is 4.99 Å². The summed E-state index contributed by atoms with van der Waals surface area (Å²) in [5.41, 5.74) is -1.41. The first kappa shape index (κ1) is 29.3. The highest BCUT2D eigenvalue weighted by Gasteiger charge is 2.20. The minimum Gasteiger partial charge on any atom is -0.444 e. The second-order valence-electron chi connectivity index (χ2n) is 8.58. The molecule has 0 aromatic rings. The van der Waals surface area contributed by atoms with Crippen molar-refractivity contribution in [3.63, 3.8) is 0 Å². The van der Waals surface area contributed by atoms with Crippen molar-refractivity contribution in [1.82, 2.24) is 10.6 Å². The van der Waals surface area contributed by atoms with E-state index in [0.717, 1.165) is 19.3 Å². The van der Waals surface area contributed by atoms with Gasteiger partial charge in [-0.25, -0.2) is 9.59 Å². The fourth-order valence-corrected chi connectivity index (χ4v) is 2.65. The Balaban J connectivity index is 4.40. The number of alkyl carbamates (subject to hydrolysis) is 1. The van der Waals surface area contributed by atoms with Crippen LogP contribution in [0.15, 0.2) is 4.99 Å². The van der Waals surface area contributed by atoms with Gasteiger partial charge in [-0.2, -0.15) is 0 Å². The lowest BCUT2D eigenvalue weighted by atomic mass is 10.2. The Morgan fingerprint density at radius 1 is 0.903 bits per heavy atom. The molecule has 1 atom stereocenters. The van der Waals surface area contributed by atoms with E-state index in [2.05, 4.69) is 15.6 Å². The number of aliphatic hydroxyl groups excluding tert-OH is 1. The van der Waals surface area contributed by atoms with Gasteiger partial charge in [0.2, 0.25) is 5.96 Å². The molecule has 0 fully saturated rings. The van der Waals surface area contributed by atoms with Gasteiger partial charge >= 0.3 is 20.4 Å². The molecule has 0 aliphatic heterocycles. The molecule has 0 aliphatic rings. The first-order valence-electron chi connectivity index (χ1n) is 10.3. The van der Waals surface area contributed by atoms with Crippen molar-refractivity contribution in [3.05, 3.63) is 0 Å². The third-order valence-corrected chi connectivity index (χ3v) is 3.99. The molecule has 3 N–H and O–H groups in total. The molecule has 11 nitrogen and oxygen atoms in total. The smallest absolute Gasteiger partial charge is 0.437 e. The molecular weight excluding hydrogens is 429 g/mol. The molecule has 0 saturated carbocycles. The van der Waals surface area contributed by atoms with Crippen LogP contribution >= 0.6 is 8.25 Å². The van der Waals surface area contributed by atoms with Crippen LogP contribution in [0.5, 0.6) is 0 Å². The molecule has 0 rings (SSSR count). The van der Waals surface area contributed by atoms with Crippen molar-refractivity contribution < 1.29 is 37.8 Å². The van der Waals surface area contributed by atoms with Gasteiger partial charge in [-0.3, -0.25) is 9.88 Å². The molecule has 0 radical (unpaired) electrons. The first-order chi connectivity index (χ1) is 14.3. The number of ether oxygens (including phenoxy) is 2. The Morgan fingerprint density at radius 3 is 2.06 bits per heavy atom. The largest absolute Gasteiger partial charge is 0.444 e. The zero-order valence-electron chi connectivity index (χ0n) is 19.4. The minimum absolute atomic E-state index is 0.00597. The van der Waals surface area contributed by atoms with Crippen molar-refractivity contribution in [1.29, 1.82) is 0 Å². The third-order valence-electron chi connectivity index (χ3n) is 3.11. The number of rotatable bonds is 11. The minimum atomic E-state index is -2.54. The molecular formula is C19H38N3O8P. The number of hydrogen-bond acceptors (Lipinski definition) is 8. The van der Waals surface area contributed by atoms with Crippen LogP contribution in [-0.4, -0.2) is 60.8 Å². The summed E-state index contributed by atoms with van der Waals surface area (Å²) in [5, 5.41) is 13.9. The second kappa shape index (κ2) is 15.2. The van der Waals surface area contributed by atoms with Crippen LogP contribution in [0.2, 0.25) is 0 Å². The SMILES string of the molecule is CC(C)(C)OC(=O)/N=C(/NCCCCCCO[PH](=O)OCCO)NC(=O)OC(C)(C)C. The van der Waals surface area contributed by atoms with Gasteiger partial charge in [-0.05, 0) is 54.4 Å². The average Bonchev–Trinajstić information content (AvgIpc) is 2.58. The Morgan fingerprint density at radius 2 is 1.48 bits per heavy atom. The summed E-state index contributed by atoms with van der Waals surface area (Å²) < 4.78 is 31.4. The number of aliphatic hydroxyl groups is 1. The van der Waals surface area contributed by atoms with E-state index >= 15 is 0 Å². The summed E-state index contributed by atoms with van der Waals surface area (Å²) in [6, 6.07) is 0. The Bertz CT molecular complexity index is 600. The highest BCUT2D eigenvalue weighted by molar-refractivity contribution is 7.33. The fourth-order valence-electron chi connectivity index (χ4n) is 2.00. The predicted octanol–water partition coefficient (Wildman–Crippen LogP) is 3.37. The maximum Gasteiger partial charge on any atom is 0.437 e. The lowest BCUT2D eigenvalue weighted by Crippen LogP contribution is -2.44. The fraction of sp³-hybridized carbons (Fsp3) is 0.842. The molecule has 0 aromatic carbocycles. The van der Waals surface area contributed by atoms with Crippen molar-refractivity contribution in [2.75, 3.05) is 26.4 Å². The Hall–Kier alpha value is -1.68. The second-order valence-corrected chi connectivity index (χ2v) is 9.66. The lowest BCUT2D eigenvalue weighted by molar-refractivity contribution is 0.0560. The van der Waals surface area contributed by atoms with Crippen molar-refractivity contribution >= 4 is 26.4 Å². The highest BCUT2D eigenvalue weighted by Crippen LogP contribution is 2.23. The number of carbonyl (C=O) groups excluding carboxylic acids is 2. The van der Waals surface area contributed by atoms with Gasteiger partial charge < -0.3 is 28.9 Å². The van der Waals surface area contributed by atoms with Gasteiger partial charge in [-0.1, -0.05) is 12.8 Å². The molecule has 1 unspecified atom stereocenters. The number of aliphatic imine (C=N–C) groups is 1.